The van der Waals surface area contributed by atoms with Crippen LogP contribution in [0.2, 0.25) is 0 Å². The van der Waals surface area contributed by atoms with Gasteiger partial charge in [-0.2, -0.15) is 0 Å². The average molecular weight is 114 g/mol. The molecule has 1 nitrogen and oxygen atoms in total. The maximum Gasteiger partial charge on any atom is 0.0565 e. The Bertz CT molecular complexity index is 64.0. The molecular weight excluding hydrogens is 100 g/mol. The van der Waals surface area contributed by atoms with Crippen LogP contribution in [0.3, 0.4) is 0 Å². The van der Waals surface area contributed by atoms with Crippen LogP contribution in [-0.4, -0.2) is 11.2 Å². The monoisotopic (exact) mass is 114 g/mol. The SMILES string of the molecule is CC[C@@H](O)C1CCC1. The van der Waals surface area contributed by atoms with Crippen LogP contribution in [0.15, 0.2) is 0 Å². The van der Waals surface area contributed by atoms with Crippen molar-refractivity contribution >= 4 is 0 Å². The van der Waals surface area contributed by atoms with Crippen molar-refractivity contribution in [2.24, 2.45) is 5.92 Å². The molecule has 1 atom stereocenters. The van der Waals surface area contributed by atoms with E-state index in [-0.39, 0.29) is 6.10 Å². The Morgan fingerprint density at radius 1 is 1.62 bits per heavy atom. The molecule has 0 bridgehead atoms. The van der Waals surface area contributed by atoms with Gasteiger partial charge in [0.25, 0.3) is 0 Å². The second-order valence-corrected chi connectivity index (χ2v) is 2.67. The summed E-state index contributed by atoms with van der Waals surface area (Å²) in [5, 5.41) is 9.18. The van der Waals surface area contributed by atoms with Crippen LogP contribution in [0.1, 0.15) is 32.6 Å². The first-order valence-electron chi connectivity index (χ1n) is 3.52. The first-order chi connectivity index (χ1) is 3.84. The summed E-state index contributed by atoms with van der Waals surface area (Å²) >= 11 is 0. The summed E-state index contributed by atoms with van der Waals surface area (Å²) in [4.78, 5) is 0. The zero-order valence-electron chi connectivity index (χ0n) is 5.43. The Morgan fingerprint density at radius 3 is 2.38 bits per heavy atom. The van der Waals surface area contributed by atoms with Gasteiger partial charge >= 0.3 is 0 Å². The van der Waals surface area contributed by atoms with Gasteiger partial charge in [0, 0.05) is 0 Å². The fraction of sp³-hybridized carbons (Fsp3) is 1.00. The maximum absolute atomic E-state index is 9.18. The molecule has 0 aliphatic heterocycles. The summed E-state index contributed by atoms with van der Waals surface area (Å²) in [5.41, 5.74) is 0. The Balaban J connectivity index is 2.13. The molecule has 0 spiro atoms. The molecule has 1 saturated carbocycles. The normalized spacial score (nSPS) is 24.8. The molecule has 0 aromatic heterocycles. The number of rotatable bonds is 2. The first-order valence-corrected chi connectivity index (χ1v) is 3.52. The third kappa shape index (κ3) is 1.03. The van der Waals surface area contributed by atoms with Gasteiger partial charge in [0.05, 0.1) is 6.10 Å². The molecule has 0 radical (unpaired) electrons. The molecule has 1 rings (SSSR count). The largest absolute Gasteiger partial charge is 0.393 e. The predicted molar refractivity (Wildman–Crippen MR) is 33.6 cm³/mol. The third-order valence-electron chi connectivity index (χ3n) is 2.11. The van der Waals surface area contributed by atoms with Crippen molar-refractivity contribution in [3.8, 4) is 0 Å². The Hall–Kier alpha value is -0.0400. The van der Waals surface area contributed by atoms with Gasteiger partial charge in [0.15, 0.2) is 0 Å². The van der Waals surface area contributed by atoms with Crippen molar-refractivity contribution < 1.29 is 5.11 Å². The molecule has 0 heterocycles. The molecule has 0 amide bonds. The van der Waals surface area contributed by atoms with Gasteiger partial charge in [-0.05, 0) is 25.2 Å². The fourth-order valence-corrected chi connectivity index (χ4v) is 1.16. The number of hydrogen-bond donors (Lipinski definition) is 1. The van der Waals surface area contributed by atoms with Crippen LogP contribution in [0.5, 0.6) is 0 Å². The third-order valence-corrected chi connectivity index (χ3v) is 2.11. The highest BCUT2D eigenvalue weighted by Crippen LogP contribution is 2.30. The predicted octanol–water partition coefficient (Wildman–Crippen LogP) is 1.56. The van der Waals surface area contributed by atoms with Crippen LogP contribution in [-0.2, 0) is 0 Å². The van der Waals surface area contributed by atoms with E-state index >= 15 is 0 Å². The molecular formula is C7H14O. The highest BCUT2D eigenvalue weighted by atomic mass is 16.3. The fourth-order valence-electron chi connectivity index (χ4n) is 1.16. The van der Waals surface area contributed by atoms with Gasteiger partial charge in [0.2, 0.25) is 0 Å². The zero-order valence-corrected chi connectivity index (χ0v) is 5.43. The van der Waals surface area contributed by atoms with Crippen molar-refractivity contribution in [1.82, 2.24) is 0 Å². The topological polar surface area (TPSA) is 20.2 Å². The van der Waals surface area contributed by atoms with Crippen LogP contribution < -0.4 is 0 Å². The molecule has 0 unspecified atom stereocenters. The van der Waals surface area contributed by atoms with Crippen molar-refractivity contribution in [3.05, 3.63) is 0 Å². The lowest BCUT2D eigenvalue weighted by Gasteiger charge is -2.29. The second-order valence-electron chi connectivity index (χ2n) is 2.67. The van der Waals surface area contributed by atoms with E-state index in [1.54, 1.807) is 0 Å². The van der Waals surface area contributed by atoms with Crippen molar-refractivity contribution in [2.75, 3.05) is 0 Å². The van der Waals surface area contributed by atoms with E-state index in [9.17, 15) is 5.11 Å². The van der Waals surface area contributed by atoms with E-state index in [2.05, 4.69) is 0 Å². The van der Waals surface area contributed by atoms with Gasteiger partial charge in [-0.25, -0.2) is 0 Å². The Morgan fingerprint density at radius 2 is 2.25 bits per heavy atom. The van der Waals surface area contributed by atoms with Crippen LogP contribution in [0.4, 0.5) is 0 Å². The van der Waals surface area contributed by atoms with Crippen LogP contribution in [0.25, 0.3) is 0 Å². The van der Waals surface area contributed by atoms with Gasteiger partial charge in [-0.15, -0.1) is 0 Å². The summed E-state index contributed by atoms with van der Waals surface area (Å²) in [6.07, 6.45) is 4.79. The zero-order chi connectivity index (χ0) is 5.98. The number of aliphatic hydroxyl groups is 1. The molecule has 8 heavy (non-hydrogen) atoms. The second kappa shape index (κ2) is 2.49. The average Bonchev–Trinajstić information content (AvgIpc) is 1.62. The molecule has 1 N–H and O–H groups in total. The van der Waals surface area contributed by atoms with E-state index in [1.165, 1.54) is 19.3 Å². The van der Waals surface area contributed by atoms with Crippen molar-refractivity contribution in [3.63, 3.8) is 0 Å². The highest BCUT2D eigenvalue weighted by Gasteiger charge is 2.23. The minimum Gasteiger partial charge on any atom is -0.393 e. The highest BCUT2D eigenvalue weighted by molar-refractivity contribution is 4.75. The number of aliphatic hydroxyl groups excluding tert-OH is 1. The molecule has 0 aromatic carbocycles. The molecule has 1 aliphatic carbocycles. The van der Waals surface area contributed by atoms with E-state index in [0.29, 0.717) is 5.92 Å². The van der Waals surface area contributed by atoms with Gasteiger partial charge in [-0.1, -0.05) is 13.3 Å². The maximum atomic E-state index is 9.18. The van der Waals surface area contributed by atoms with Gasteiger partial charge in [-0.3, -0.25) is 0 Å². The molecule has 48 valence electrons. The number of hydrogen-bond acceptors (Lipinski definition) is 1. The summed E-state index contributed by atoms with van der Waals surface area (Å²) in [7, 11) is 0. The lowest BCUT2D eigenvalue weighted by atomic mass is 9.80. The summed E-state index contributed by atoms with van der Waals surface area (Å²) < 4.78 is 0. The van der Waals surface area contributed by atoms with E-state index in [1.807, 2.05) is 6.92 Å². The smallest absolute Gasteiger partial charge is 0.0565 e. The Labute approximate surface area is 50.7 Å². The van der Waals surface area contributed by atoms with Crippen LogP contribution >= 0.6 is 0 Å². The lowest BCUT2D eigenvalue weighted by molar-refractivity contribution is 0.0597. The van der Waals surface area contributed by atoms with Gasteiger partial charge in [0.1, 0.15) is 0 Å². The Kier molecular flexibility index (Phi) is 1.90. The van der Waals surface area contributed by atoms with Gasteiger partial charge < -0.3 is 5.11 Å². The van der Waals surface area contributed by atoms with Crippen molar-refractivity contribution in [1.29, 1.82) is 0 Å². The van der Waals surface area contributed by atoms with E-state index in [0.717, 1.165) is 6.42 Å². The quantitative estimate of drug-likeness (QED) is 0.577. The molecule has 1 aliphatic rings. The van der Waals surface area contributed by atoms with E-state index in [4.69, 9.17) is 0 Å². The molecule has 1 fully saturated rings. The molecule has 0 saturated heterocycles. The lowest BCUT2D eigenvalue weighted by Crippen LogP contribution is -2.25. The van der Waals surface area contributed by atoms with E-state index < -0.39 is 0 Å². The van der Waals surface area contributed by atoms with Crippen LogP contribution in [0, 0.1) is 5.92 Å². The minimum absolute atomic E-state index is 0.00347. The summed E-state index contributed by atoms with van der Waals surface area (Å²) in [5.74, 6) is 0.653. The standard InChI is InChI=1S/C7H14O/c1-2-7(8)6-4-3-5-6/h6-8H,2-5H2,1H3/t7-/m1/s1. The summed E-state index contributed by atoms with van der Waals surface area (Å²) in [6, 6.07) is 0. The molecule has 1 heteroatoms. The first kappa shape index (κ1) is 6.09. The molecule has 0 aromatic rings. The van der Waals surface area contributed by atoms with Crippen molar-refractivity contribution in [2.45, 2.75) is 38.7 Å². The minimum atomic E-state index is 0.00347. The summed E-state index contributed by atoms with van der Waals surface area (Å²) in [6.45, 7) is 2.04.